The third-order valence-electron chi connectivity index (χ3n) is 3.61. The van der Waals surface area contributed by atoms with Gasteiger partial charge in [-0.15, -0.1) is 0 Å². The quantitative estimate of drug-likeness (QED) is 0.777. The third-order valence-corrected chi connectivity index (χ3v) is 3.61. The van der Waals surface area contributed by atoms with Crippen LogP contribution in [0, 0.1) is 0 Å². The van der Waals surface area contributed by atoms with E-state index in [0.717, 1.165) is 32.4 Å². The molecule has 0 spiro atoms. The first kappa shape index (κ1) is 14.1. The van der Waals surface area contributed by atoms with Crippen LogP contribution in [0.25, 0.3) is 10.9 Å². The first-order chi connectivity index (χ1) is 9.24. The van der Waals surface area contributed by atoms with E-state index in [4.69, 9.17) is 10.5 Å². The van der Waals surface area contributed by atoms with E-state index in [0.29, 0.717) is 0 Å². The molecule has 1 heterocycles. The van der Waals surface area contributed by atoms with Crippen molar-refractivity contribution in [3.8, 4) is 0 Å². The fraction of sp³-hybridized carbons (Fsp3) is 0.500. The van der Waals surface area contributed by atoms with Gasteiger partial charge in [0.05, 0.1) is 0 Å². The maximum atomic E-state index is 6.02. The van der Waals surface area contributed by atoms with Crippen LogP contribution in [0.2, 0.25) is 0 Å². The van der Waals surface area contributed by atoms with Crippen LogP contribution >= 0.6 is 0 Å². The zero-order valence-corrected chi connectivity index (χ0v) is 11.9. The monoisotopic (exact) mass is 260 g/mol. The minimum Gasteiger partial charge on any atom is -0.385 e. The topological polar surface area (TPSA) is 40.2 Å². The SMILES string of the molecule is CCC(N)Cc1ccc2c(ccn2CCCOC)c1. The summed E-state index contributed by atoms with van der Waals surface area (Å²) in [6, 6.07) is 9.12. The zero-order valence-electron chi connectivity index (χ0n) is 11.9. The number of benzene rings is 1. The Hall–Kier alpha value is -1.32. The highest BCUT2D eigenvalue weighted by Gasteiger charge is 2.05. The summed E-state index contributed by atoms with van der Waals surface area (Å²) in [5.41, 5.74) is 8.64. The Morgan fingerprint density at radius 1 is 1.32 bits per heavy atom. The van der Waals surface area contributed by atoms with E-state index in [1.165, 1.54) is 16.5 Å². The Bertz CT molecular complexity index is 518. The first-order valence-corrected chi connectivity index (χ1v) is 7.07. The van der Waals surface area contributed by atoms with Crippen LogP contribution in [0.15, 0.2) is 30.5 Å². The molecule has 2 N–H and O–H groups in total. The zero-order chi connectivity index (χ0) is 13.7. The fourth-order valence-corrected chi connectivity index (χ4v) is 2.40. The van der Waals surface area contributed by atoms with Crippen LogP contribution in [-0.2, 0) is 17.7 Å². The van der Waals surface area contributed by atoms with E-state index < -0.39 is 0 Å². The van der Waals surface area contributed by atoms with Crippen molar-refractivity contribution in [3.05, 3.63) is 36.0 Å². The van der Waals surface area contributed by atoms with E-state index in [1.54, 1.807) is 7.11 Å². The van der Waals surface area contributed by atoms with Gasteiger partial charge in [0.2, 0.25) is 0 Å². The molecule has 0 saturated carbocycles. The van der Waals surface area contributed by atoms with Gasteiger partial charge in [-0.25, -0.2) is 0 Å². The number of ether oxygens (including phenoxy) is 1. The average Bonchev–Trinajstić information content (AvgIpc) is 2.81. The molecule has 3 nitrogen and oxygen atoms in total. The lowest BCUT2D eigenvalue weighted by Crippen LogP contribution is -2.21. The molecular weight excluding hydrogens is 236 g/mol. The molecule has 0 saturated heterocycles. The Balaban J connectivity index is 2.12. The van der Waals surface area contributed by atoms with E-state index >= 15 is 0 Å². The smallest absolute Gasteiger partial charge is 0.0480 e. The van der Waals surface area contributed by atoms with Crippen molar-refractivity contribution in [1.29, 1.82) is 0 Å². The van der Waals surface area contributed by atoms with Crippen molar-refractivity contribution in [1.82, 2.24) is 4.57 Å². The van der Waals surface area contributed by atoms with Gasteiger partial charge in [-0.1, -0.05) is 13.0 Å². The maximum Gasteiger partial charge on any atom is 0.0480 e. The summed E-state index contributed by atoms with van der Waals surface area (Å²) in [4.78, 5) is 0. The molecule has 0 aliphatic carbocycles. The van der Waals surface area contributed by atoms with Crippen molar-refractivity contribution in [2.75, 3.05) is 13.7 Å². The Kier molecular flexibility index (Phi) is 5.00. The van der Waals surface area contributed by atoms with Crippen LogP contribution in [-0.4, -0.2) is 24.3 Å². The van der Waals surface area contributed by atoms with E-state index in [9.17, 15) is 0 Å². The van der Waals surface area contributed by atoms with E-state index in [1.807, 2.05) is 0 Å². The summed E-state index contributed by atoms with van der Waals surface area (Å²) in [5, 5.41) is 1.30. The number of methoxy groups -OCH3 is 1. The first-order valence-electron chi connectivity index (χ1n) is 7.07. The van der Waals surface area contributed by atoms with Crippen molar-refractivity contribution in [2.45, 2.75) is 38.8 Å². The number of hydrogen-bond acceptors (Lipinski definition) is 2. The molecule has 1 aromatic heterocycles. The minimum absolute atomic E-state index is 0.265. The molecule has 1 atom stereocenters. The molecule has 104 valence electrons. The molecular formula is C16H24N2O. The lowest BCUT2D eigenvalue weighted by molar-refractivity contribution is 0.190. The summed E-state index contributed by atoms with van der Waals surface area (Å²) < 4.78 is 7.39. The highest BCUT2D eigenvalue weighted by Crippen LogP contribution is 2.19. The van der Waals surface area contributed by atoms with Gasteiger partial charge in [-0.2, -0.15) is 0 Å². The standard InChI is InChI=1S/C16H24N2O/c1-3-15(17)12-13-5-6-16-14(11-13)7-9-18(16)8-4-10-19-2/h5-7,9,11,15H,3-4,8,10,12,17H2,1-2H3. The van der Waals surface area contributed by atoms with Crippen molar-refractivity contribution in [3.63, 3.8) is 0 Å². The van der Waals surface area contributed by atoms with Crippen LogP contribution in [0.3, 0.4) is 0 Å². The molecule has 19 heavy (non-hydrogen) atoms. The van der Waals surface area contributed by atoms with Crippen LogP contribution in [0.5, 0.6) is 0 Å². The number of fused-ring (bicyclic) bond motifs is 1. The van der Waals surface area contributed by atoms with Crippen molar-refractivity contribution in [2.24, 2.45) is 5.73 Å². The second kappa shape index (κ2) is 6.73. The van der Waals surface area contributed by atoms with Gasteiger partial charge in [-0.05, 0) is 48.4 Å². The van der Waals surface area contributed by atoms with Crippen LogP contribution in [0.4, 0.5) is 0 Å². The predicted octanol–water partition coefficient (Wildman–Crippen LogP) is 2.96. The summed E-state index contributed by atoms with van der Waals surface area (Å²) in [6.07, 6.45) is 5.18. The van der Waals surface area contributed by atoms with Gasteiger partial charge in [-0.3, -0.25) is 0 Å². The maximum absolute atomic E-state index is 6.02. The van der Waals surface area contributed by atoms with Crippen molar-refractivity contribution >= 4 is 10.9 Å². The van der Waals surface area contributed by atoms with Gasteiger partial charge < -0.3 is 15.0 Å². The van der Waals surface area contributed by atoms with Crippen LogP contribution in [0.1, 0.15) is 25.3 Å². The summed E-state index contributed by atoms with van der Waals surface area (Å²) >= 11 is 0. The van der Waals surface area contributed by atoms with E-state index in [2.05, 4.69) is 42.0 Å². The normalized spacial score (nSPS) is 13.0. The van der Waals surface area contributed by atoms with Crippen LogP contribution < -0.4 is 5.73 Å². The number of aromatic nitrogens is 1. The number of nitrogens with zero attached hydrogens (tertiary/aromatic N) is 1. The Morgan fingerprint density at radius 2 is 2.16 bits per heavy atom. The minimum atomic E-state index is 0.265. The highest BCUT2D eigenvalue weighted by atomic mass is 16.5. The van der Waals surface area contributed by atoms with E-state index in [-0.39, 0.29) is 6.04 Å². The summed E-state index contributed by atoms with van der Waals surface area (Å²) in [5.74, 6) is 0. The van der Waals surface area contributed by atoms with Gasteiger partial charge in [0, 0.05) is 38.0 Å². The van der Waals surface area contributed by atoms with Gasteiger partial charge >= 0.3 is 0 Å². The molecule has 0 radical (unpaired) electrons. The Morgan fingerprint density at radius 3 is 2.89 bits per heavy atom. The molecule has 0 bridgehead atoms. The summed E-state index contributed by atoms with van der Waals surface area (Å²) in [7, 11) is 1.75. The molecule has 1 aromatic carbocycles. The van der Waals surface area contributed by atoms with Gasteiger partial charge in [0.15, 0.2) is 0 Å². The second-order valence-electron chi connectivity index (χ2n) is 5.12. The molecule has 2 rings (SSSR count). The average molecular weight is 260 g/mol. The molecule has 0 fully saturated rings. The number of rotatable bonds is 7. The number of aryl methyl sites for hydroxylation is 1. The highest BCUT2D eigenvalue weighted by molar-refractivity contribution is 5.80. The molecule has 0 aliphatic heterocycles. The summed E-state index contributed by atoms with van der Waals surface area (Å²) in [6.45, 7) is 3.95. The number of hydrogen-bond donors (Lipinski definition) is 1. The molecule has 1 unspecified atom stereocenters. The Labute approximate surface area is 115 Å². The lowest BCUT2D eigenvalue weighted by Gasteiger charge is -2.09. The van der Waals surface area contributed by atoms with Gasteiger partial charge in [0.25, 0.3) is 0 Å². The fourth-order valence-electron chi connectivity index (χ4n) is 2.40. The molecule has 2 aromatic rings. The predicted molar refractivity (Wildman–Crippen MR) is 80.4 cm³/mol. The largest absolute Gasteiger partial charge is 0.385 e. The molecule has 0 amide bonds. The third kappa shape index (κ3) is 3.58. The number of nitrogens with two attached hydrogens (primary N) is 1. The second-order valence-corrected chi connectivity index (χ2v) is 5.12. The lowest BCUT2D eigenvalue weighted by atomic mass is 10.0. The van der Waals surface area contributed by atoms with Gasteiger partial charge in [0.1, 0.15) is 0 Å². The van der Waals surface area contributed by atoms with Crippen molar-refractivity contribution < 1.29 is 4.74 Å². The molecule has 3 heteroatoms. The molecule has 0 aliphatic rings.